The third kappa shape index (κ3) is 3.60. The fourth-order valence-electron chi connectivity index (χ4n) is 2.57. The molecule has 0 aliphatic heterocycles. The summed E-state index contributed by atoms with van der Waals surface area (Å²) in [6, 6.07) is 2.01. The molecule has 1 aromatic heterocycles. The van der Waals surface area contributed by atoms with Crippen molar-refractivity contribution in [1.82, 2.24) is 5.32 Å². The Hall–Kier alpha value is -1.29. The summed E-state index contributed by atoms with van der Waals surface area (Å²) in [6.45, 7) is 0.513. The van der Waals surface area contributed by atoms with Crippen molar-refractivity contribution in [3.8, 4) is 0 Å². The van der Waals surface area contributed by atoms with Crippen LogP contribution in [0, 0.1) is 0 Å². The molecule has 0 radical (unpaired) electrons. The van der Waals surface area contributed by atoms with Crippen molar-refractivity contribution in [3.63, 3.8) is 0 Å². The smallest absolute Gasteiger partial charge is 0.339 e. The summed E-state index contributed by atoms with van der Waals surface area (Å²) >= 11 is 0. The van der Waals surface area contributed by atoms with E-state index >= 15 is 0 Å². The molecule has 0 amide bonds. The zero-order valence-electron chi connectivity index (χ0n) is 10.7. The predicted octanol–water partition coefficient (Wildman–Crippen LogP) is 3.18. The van der Waals surface area contributed by atoms with E-state index in [1.807, 2.05) is 0 Å². The summed E-state index contributed by atoms with van der Waals surface area (Å²) < 4.78 is 5.23. The number of rotatable bonds is 4. The van der Waals surface area contributed by atoms with Gasteiger partial charge in [-0.15, -0.1) is 0 Å². The number of hydrogen-bond acceptors (Lipinski definition) is 3. The molecule has 1 heterocycles. The summed E-state index contributed by atoms with van der Waals surface area (Å²) in [7, 11) is 0. The molecule has 1 fully saturated rings. The molecule has 1 aliphatic rings. The third-order valence-corrected chi connectivity index (χ3v) is 3.63. The lowest BCUT2D eigenvalue weighted by Crippen LogP contribution is -2.29. The average molecular weight is 251 g/mol. The number of hydrogen-bond donors (Lipinski definition) is 2. The summed E-state index contributed by atoms with van der Waals surface area (Å²) in [5.74, 6) is -0.386. The molecular weight excluding hydrogens is 230 g/mol. The van der Waals surface area contributed by atoms with E-state index < -0.39 is 5.97 Å². The number of carboxylic acid groups (broad SMARTS) is 1. The lowest BCUT2D eigenvalue weighted by molar-refractivity contribution is 0.0694. The largest absolute Gasteiger partial charge is 0.478 e. The van der Waals surface area contributed by atoms with E-state index in [1.54, 1.807) is 0 Å². The number of furan rings is 1. The van der Waals surface area contributed by atoms with Crippen LogP contribution in [0.25, 0.3) is 0 Å². The Morgan fingerprint density at radius 1 is 1.28 bits per heavy atom. The highest BCUT2D eigenvalue weighted by atomic mass is 16.4. The summed E-state index contributed by atoms with van der Waals surface area (Å²) in [5.41, 5.74) is 0.272. The lowest BCUT2D eigenvalue weighted by atomic mass is 9.97. The van der Waals surface area contributed by atoms with Crippen molar-refractivity contribution < 1.29 is 14.3 Å². The van der Waals surface area contributed by atoms with Crippen molar-refractivity contribution in [2.75, 3.05) is 0 Å². The minimum Gasteiger partial charge on any atom is -0.478 e. The fraction of sp³-hybridized carbons (Fsp3) is 0.643. The molecular formula is C14H21NO3. The first-order valence-electron chi connectivity index (χ1n) is 6.80. The maximum absolute atomic E-state index is 10.9. The predicted molar refractivity (Wildman–Crippen MR) is 68.6 cm³/mol. The molecule has 1 aromatic rings. The van der Waals surface area contributed by atoms with Crippen molar-refractivity contribution >= 4 is 5.97 Å². The number of aromatic carboxylic acids is 1. The Morgan fingerprint density at radius 3 is 2.61 bits per heavy atom. The number of carboxylic acids is 1. The van der Waals surface area contributed by atoms with Gasteiger partial charge < -0.3 is 14.8 Å². The molecule has 4 nitrogen and oxygen atoms in total. The monoisotopic (exact) mass is 251 g/mol. The van der Waals surface area contributed by atoms with Crippen LogP contribution in [-0.4, -0.2) is 17.1 Å². The second kappa shape index (κ2) is 6.59. The zero-order valence-corrected chi connectivity index (χ0v) is 10.7. The van der Waals surface area contributed by atoms with Crippen LogP contribution in [0.3, 0.4) is 0 Å². The Kier molecular flexibility index (Phi) is 4.81. The maximum Gasteiger partial charge on any atom is 0.339 e. The Morgan fingerprint density at radius 2 is 1.94 bits per heavy atom. The second-order valence-electron chi connectivity index (χ2n) is 4.99. The molecule has 100 valence electrons. The van der Waals surface area contributed by atoms with Gasteiger partial charge in [0.15, 0.2) is 0 Å². The van der Waals surface area contributed by atoms with Crippen molar-refractivity contribution in [2.45, 2.75) is 57.5 Å². The van der Waals surface area contributed by atoms with Gasteiger partial charge in [-0.3, -0.25) is 0 Å². The van der Waals surface area contributed by atoms with Crippen LogP contribution in [-0.2, 0) is 6.54 Å². The Labute approximate surface area is 107 Å². The number of nitrogens with one attached hydrogen (secondary N) is 1. The molecule has 2 rings (SSSR count). The van der Waals surface area contributed by atoms with Gasteiger partial charge in [-0.25, -0.2) is 4.79 Å². The van der Waals surface area contributed by atoms with Gasteiger partial charge in [0, 0.05) is 6.04 Å². The van der Waals surface area contributed by atoms with Gasteiger partial charge in [-0.05, 0) is 18.9 Å². The molecule has 4 heteroatoms. The van der Waals surface area contributed by atoms with Gasteiger partial charge in [-0.2, -0.15) is 0 Å². The Bertz CT molecular complexity index is 378. The first-order chi connectivity index (χ1) is 8.77. The van der Waals surface area contributed by atoms with E-state index in [0.717, 1.165) is 0 Å². The van der Waals surface area contributed by atoms with Gasteiger partial charge in [0.25, 0.3) is 0 Å². The standard InChI is InChI=1S/C14H21NO3/c16-14(17)12-8-9-18-13(12)10-15-11-6-4-2-1-3-5-7-11/h8-9,11,15H,1-7,10H2,(H,16,17). The molecule has 0 saturated heterocycles. The van der Waals surface area contributed by atoms with Gasteiger partial charge in [0.05, 0.1) is 12.8 Å². The van der Waals surface area contributed by atoms with E-state index in [1.165, 1.54) is 57.3 Å². The van der Waals surface area contributed by atoms with Crippen LogP contribution in [0.2, 0.25) is 0 Å². The van der Waals surface area contributed by atoms with Crippen LogP contribution in [0.4, 0.5) is 0 Å². The van der Waals surface area contributed by atoms with E-state index in [9.17, 15) is 4.79 Å². The third-order valence-electron chi connectivity index (χ3n) is 3.63. The SMILES string of the molecule is O=C(O)c1ccoc1CNC1CCCCCCC1. The van der Waals surface area contributed by atoms with Crippen LogP contribution in [0.15, 0.2) is 16.7 Å². The molecule has 1 saturated carbocycles. The molecule has 0 unspecified atom stereocenters. The molecule has 0 bridgehead atoms. The van der Waals surface area contributed by atoms with Gasteiger partial charge in [-0.1, -0.05) is 32.1 Å². The highest BCUT2D eigenvalue weighted by Crippen LogP contribution is 2.18. The second-order valence-corrected chi connectivity index (χ2v) is 4.99. The zero-order chi connectivity index (χ0) is 12.8. The van der Waals surface area contributed by atoms with Crippen LogP contribution < -0.4 is 5.32 Å². The quantitative estimate of drug-likeness (QED) is 0.862. The Balaban J connectivity index is 1.85. The first kappa shape index (κ1) is 13.1. The lowest BCUT2D eigenvalue weighted by Gasteiger charge is -2.20. The normalized spacial score (nSPS) is 18.2. The van der Waals surface area contributed by atoms with E-state index in [-0.39, 0.29) is 5.56 Å². The van der Waals surface area contributed by atoms with Crippen molar-refractivity contribution in [3.05, 3.63) is 23.7 Å². The minimum absolute atomic E-state index is 0.272. The van der Waals surface area contributed by atoms with Crippen molar-refractivity contribution in [2.24, 2.45) is 0 Å². The summed E-state index contributed by atoms with van der Waals surface area (Å²) in [6.07, 6.45) is 10.3. The highest BCUT2D eigenvalue weighted by molar-refractivity contribution is 5.88. The van der Waals surface area contributed by atoms with Crippen molar-refractivity contribution in [1.29, 1.82) is 0 Å². The van der Waals surface area contributed by atoms with Crippen LogP contribution in [0.1, 0.15) is 61.1 Å². The fourth-order valence-corrected chi connectivity index (χ4v) is 2.57. The maximum atomic E-state index is 10.9. The molecule has 1 aliphatic carbocycles. The van der Waals surface area contributed by atoms with Crippen LogP contribution >= 0.6 is 0 Å². The van der Waals surface area contributed by atoms with Gasteiger partial charge in [0.2, 0.25) is 0 Å². The highest BCUT2D eigenvalue weighted by Gasteiger charge is 2.15. The molecule has 0 aromatic carbocycles. The molecule has 2 N–H and O–H groups in total. The minimum atomic E-state index is -0.918. The molecule has 0 atom stereocenters. The van der Waals surface area contributed by atoms with Crippen LogP contribution in [0.5, 0.6) is 0 Å². The molecule has 18 heavy (non-hydrogen) atoms. The average Bonchev–Trinajstić information content (AvgIpc) is 2.76. The molecule has 0 spiro atoms. The van der Waals surface area contributed by atoms with E-state index in [0.29, 0.717) is 18.3 Å². The van der Waals surface area contributed by atoms with Gasteiger partial charge >= 0.3 is 5.97 Å². The van der Waals surface area contributed by atoms with E-state index in [4.69, 9.17) is 9.52 Å². The first-order valence-corrected chi connectivity index (χ1v) is 6.80. The number of carbonyl (C=O) groups is 1. The van der Waals surface area contributed by atoms with Gasteiger partial charge in [0.1, 0.15) is 11.3 Å². The summed E-state index contributed by atoms with van der Waals surface area (Å²) in [5, 5.41) is 12.4. The topological polar surface area (TPSA) is 62.5 Å². The van der Waals surface area contributed by atoms with E-state index in [2.05, 4.69) is 5.32 Å². The summed E-state index contributed by atoms with van der Waals surface area (Å²) in [4.78, 5) is 10.9.